The molecule has 1 heterocycles. The van der Waals surface area contributed by atoms with E-state index < -0.39 is 0 Å². The topological polar surface area (TPSA) is 42.4 Å². The van der Waals surface area contributed by atoms with Gasteiger partial charge in [-0.1, -0.05) is 102 Å². The lowest BCUT2D eigenvalue weighted by Crippen LogP contribution is -2.21. The van der Waals surface area contributed by atoms with Gasteiger partial charge in [0, 0.05) is 18.7 Å². The first-order valence-corrected chi connectivity index (χ1v) is 11.1. The quantitative estimate of drug-likeness (QED) is 0.314. The summed E-state index contributed by atoms with van der Waals surface area (Å²) in [6.07, 6.45) is 0. The highest BCUT2D eigenvalue weighted by atomic mass is 32.1. The molecule has 1 aromatic heterocycles. The zero-order valence-corrected chi connectivity index (χ0v) is 18.2. The van der Waals surface area contributed by atoms with Crippen molar-refractivity contribution in [3.63, 3.8) is 0 Å². The Balaban J connectivity index is 1.75. The minimum absolute atomic E-state index is 0.329. The zero-order valence-electron chi connectivity index (χ0n) is 17.4. The number of esters is 1. The lowest BCUT2D eigenvalue weighted by molar-refractivity contribution is 0.0532. The number of carbonyl (C=O) groups is 1. The SMILES string of the molecule is CCOC(=O)c1sc(N(Cc2ccccc2)Cc2ccccc2)nc1-c1ccccc1. The average Bonchev–Trinajstić information content (AvgIpc) is 3.27. The summed E-state index contributed by atoms with van der Waals surface area (Å²) in [6, 6.07) is 30.4. The lowest BCUT2D eigenvalue weighted by atomic mass is 10.1. The first-order chi connectivity index (χ1) is 15.2. The van der Waals surface area contributed by atoms with E-state index in [1.807, 2.05) is 73.7 Å². The standard InChI is InChI=1S/C26H24N2O2S/c1-2-30-25(29)24-23(22-16-10-5-11-17-22)27-26(31-24)28(18-20-12-6-3-7-13-20)19-21-14-8-4-9-15-21/h3-17H,2,18-19H2,1H3. The molecular weight excluding hydrogens is 404 g/mol. The van der Waals surface area contributed by atoms with E-state index in [-0.39, 0.29) is 5.97 Å². The minimum Gasteiger partial charge on any atom is -0.462 e. The van der Waals surface area contributed by atoms with Crippen LogP contribution >= 0.6 is 11.3 Å². The van der Waals surface area contributed by atoms with Crippen LogP contribution in [0.2, 0.25) is 0 Å². The highest BCUT2D eigenvalue weighted by molar-refractivity contribution is 7.17. The first-order valence-electron chi connectivity index (χ1n) is 10.3. The molecule has 0 saturated carbocycles. The maximum absolute atomic E-state index is 12.7. The molecule has 0 aliphatic heterocycles. The van der Waals surface area contributed by atoms with Crippen LogP contribution in [0.15, 0.2) is 91.0 Å². The number of ether oxygens (including phenoxy) is 1. The van der Waals surface area contributed by atoms with Gasteiger partial charge in [-0.2, -0.15) is 0 Å². The normalized spacial score (nSPS) is 10.6. The van der Waals surface area contributed by atoms with Crippen molar-refractivity contribution in [1.29, 1.82) is 0 Å². The molecule has 156 valence electrons. The second kappa shape index (κ2) is 10.0. The van der Waals surface area contributed by atoms with Gasteiger partial charge in [-0.25, -0.2) is 9.78 Å². The number of nitrogens with zero attached hydrogens (tertiary/aromatic N) is 2. The number of aromatic nitrogens is 1. The van der Waals surface area contributed by atoms with Crippen molar-refractivity contribution >= 4 is 22.4 Å². The molecule has 31 heavy (non-hydrogen) atoms. The van der Waals surface area contributed by atoms with Crippen molar-refractivity contribution < 1.29 is 9.53 Å². The highest BCUT2D eigenvalue weighted by Gasteiger charge is 2.23. The highest BCUT2D eigenvalue weighted by Crippen LogP contribution is 2.35. The summed E-state index contributed by atoms with van der Waals surface area (Å²) in [5, 5.41) is 0.801. The number of rotatable bonds is 8. The predicted molar refractivity (Wildman–Crippen MR) is 126 cm³/mol. The molecule has 0 atom stereocenters. The number of hydrogen-bond acceptors (Lipinski definition) is 5. The molecule has 5 heteroatoms. The molecule has 0 radical (unpaired) electrons. The van der Waals surface area contributed by atoms with Crippen molar-refractivity contribution in [3.8, 4) is 11.3 Å². The minimum atomic E-state index is -0.329. The lowest BCUT2D eigenvalue weighted by Gasteiger charge is -2.22. The zero-order chi connectivity index (χ0) is 21.5. The Kier molecular flexibility index (Phi) is 6.75. The molecule has 4 rings (SSSR count). The van der Waals surface area contributed by atoms with E-state index in [2.05, 4.69) is 29.2 Å². The second-order valence-electron chi connectivity index (χ2n) is 7.09. The van der Waals surface area contributed by atoms with Gasteiger partial charge in [0.1, 0.15) is 4.88 Å². The number of benzene rings is 3. The van der Waals surface area contributed by atoms with Gasteiger partial charge in [-0.05, 0) is 18.1 Å². The van der Waals surface area contributed by atoms with Crippen molar-refractivity contribution in [3.05, 3.63) is 107 Å². The third-order valence-corrected chi connectivity index (χ3v) is 5.92. The van der Waals surface area contributed by atoms with E-state index >= 15 is 0 Å². The van der Waals surface area contributed by atoms with Crippen LogP contribution < -0.4 is 4.90 Å². The van der Waals surface area contributed by atoms with Crippen LogP contribution in [0.25, 0.3) is 11.3 Å². The maximum Gasteiger partial charge on any atom is 0.350 e. The van der Waals surface area contributed by atoms with Gasteiger partial charge in [0.25, 0.3) is 0 Å². The summed E-state index contributed by atoms with van der Waals surface area (Å²) < 4.78 is 5.33. The van der Waals surface area contributed by atoms with E-state index in [1.165, 1.54) is 22.5 Å². The van der Waals surface area contributed by atoms with E-state index in [0.29, 0.717) is 30.3 Å². The van der Waals surface area contributed by atoms with Gasteiger partial charge in [0.15, 0.2) is 5.13 Å². The molecule has 0 amide bonds. The molecule has 0 saturated heterocycles. The molecule has 0 bridgehead atoms. The monoisotopic (exact) mass is 428 g/mol. The number of carbonyl (C=O) groups excluding carboxylic acids is 1. The summed E-state index contributed by atoms with van der Waals surface area (Å²) >= 11 is 1.39. The van der Waals surface area contributed by atoms with Crippen molar-refractivity contribution in [2.24, 2.45) is 0 Å². The van der Waals surface area contributed by atoms with Crippen LogP contribution in [0.5, 0.6) is 0 Å². The van der Waals surface area contributed by atoms with E-state index in [9.17, 15) is 4.79 Å². The van der Waals surface area contributed by atoms with E-state index in [0.717, 1.165) is 10.7 Å². The third kappa shape index (κ3) is 5.19. The van der Waals surface area contributed by atoms with Crippen molar-refractivity contribution in [2.45, 2.75) is 20.0 Å². The van der Waals surface area contributed by atoms with Crippen LogP contribution in [0, 0.1) is 0 Å². The summed E-state index contributed by atoms with van der Waals surface area (Å²) in [6.45, 7) is 3.54. The van der Waals surface area contributed by atoms with Gasteiger partial charge in [-0.3, -0.25) is 0 Å². The van der Waals surface area contributed by atoms with Gasteiger partial charge in [-0.15, -0.1) is 0 Å². The molecule has 0 aliphatic rings. The fourth-order valence-electron chi connectivity index (χ4n) is 3.37. The molecular formula is C26H24N2O2S. The smallest absolute Gasteiger partial charge is 0.350 e. The predicted octanol–water partition coefficient (Wildman–Crippen LogP) is 6.19. The van der Waals surface area contributed by atoms with E-state index in [4.69, 9.17) is 9.72 Å². The molecule has 0 unspecified atom stereocenters. The Hall–Kier alpha value is -3.44. The molecule has 0 spiro atoms. The summed E-state index contributed by atoms with van der Waals surface area (Å²) in [5.41, 5.74) is 3.96. The van der Waals surface area contributed by atoms with Crippen LogP contribution in [0.1, 0.15) is 27.7 Å². The molecule has 0 N–H and O–H groups in total. The van der Waals surface area contributed by atoms with Crippen molar-refractivity contribution in [1.82, 2.24) is 4.98 Å². The number of anilines is 1. The fraction of sp³-hybridized carbons (Fsp3) is 0.154. The molecule has 0 aliphatic carbocycles. The average molecular weight is 429 g/mol. The van der Waals surface area contributed by atoms with Crippen molar-refractivity contribution in [2.75, 3.05) is 11.5 Å². The van der Waals surface area contributed by atoms with E-state index in [1.54, 1.807) is 0 Å². The van der Waals surface area contributed by atoms with Gasteiger partial charge >= 0.3 is 5.97 Å². The first kappa shape index (κ1) is 20.8. The summed E-state index contributed by atoms with van der Waals surface area (Å²) in [7, 11) is 0. The Bertz CT molecular complexity index is 1070. The van der Waals surface area contributed by atoms with Crippen LogP contribution in [0.4, 0.5) is 5.13 Å². The fourth-order valence-corrected chi connectivity index (χ4v) is 4.35. The van der Waals surface area contributed by atoms with Crippen LogP contribution in [0.3, 0.4) is 0 Å². The molecule has 4 aromatic rings. The summed E-state index contributed by atoms with van der Waals surface area (Å²) in [4.78, 5) is 20.4. The summed E-state index contributed by atoms with van der Waals surface area (Å²) in [5.74, 6) is -0.329. The van der Waals surface area contributed by atoms with Crippen LogP contribution in [-0.4, -0.2) is 17.6 Å². The van der Waals surface area contributed by atoms with Crippen LogP contribution in [-0.2, 0) is 17.8 Å². The number of thiazole rings is 1. The second-order valence-corrected chi connectivity index (χ2v) is 8.07. The largest absolute Gasteiger partial charge is 0.462 e. The van der Waals surface area contributed by atoms with Gasteiger partial charge < -0.3 is 9.64 Å². The molecule has 3 aromatic carbocycles. The Morgan fingerprint density at radius 3 is 1.87 bits per heavy atom. The third-order valence-electron chi connectivity index (χ3n) is 4.83. The van der Waals surface area contributed by atoms with Gasteiger partial charge in [0.05, 0.1) is 12.3 Å². The Morgan fingerprint density at radius 1 is 0.839 bits per heavy atom. The number of hydrogen-bond donors (Lipinski definition) is 0. The molecule has 0 fully saturated rings. The maximum atomic E-state index is 12.7. The molecule has 4 nitrogen and oxygen atoms in total. The Labute approximate surface area is 186 Å². The Morgan fingerprint density at radius 2 is 1.35 bits per heavy atom. The van der Waals surface area contributed by atoms with Gasteiger partial charge in [0.2, 0.25) is 0 Å².